The summed E-state index contributed by atoms with van der Waals surface area (Å²) < 4.78 is 18.6. The van der Waals surface area contributed by atoms with E-state index in [-0.39, 0.29) is 29.7 Å². The lowest BCUT2D eigenvalue weighted by Crippen LogP contribution is -2.51. The number of amides is 2. The molecule has 1 aromatic carbocycles. The van der Waals surface area contributed by atoms with Crippen molar-refractivity contribution in [3.05, 3.63) is 51.7 Å². The summed E-state index contributed by atoms with van der Waals surface area (Å²) in [5.74, 6) is -0.821. The molecule has 2 aromatic rings. The summed E-state index contributed by atoms with van der Waals surface area (Å²) in [6.45, 7) is 7.11. The molecule has 36 heavy (non-hydrogen) atoms. The molecule has 10 heteroatoms. The van der Waals surface area contributed by atoms with Gasteiger partial charge in [0, 0.05) is 30.6 Å². The van der Waals surface area contributed by atoms with E-state index in [1.165, 1.54) is 35.6 Å². The molecule has 8 nitrogen and oxygen atoms in total. The molecule has 2 aliphatic heterocycles. The van der Waals surface area contributed by atoms with Crippen LogP contribution < -0.4 is 5.73 Å². The maximum Gasteiger partial charge on any atom is 0.410 e. The monoisotopic (exact) mass is 516 g/mol. The number of rotatable bonds is 5. The van der Waals surface area contributed by atoms with Crippen molar-refractivity contribution in [2.45, 2.75) is 64.1 Å². The van der Waals surface area contributed by atoms with Crippen LogP contribution in [-0.4, -0.2) is 63.8 Å². The highest BCUT2D eigenvalue weighted by Crippen LogP contribution is 2.35. The van der Waals surface area contributed by atoms with Crippen LogP contribution in [0.25, 0.3) is 0 Å². The number of hydrogen-bond acceptors (Lipinski definition) is 7. The summed E-state index contributed by atoms with van der Waals surface area (Å²) in [5.41, 5.74) is 6.56. The predicted octanol–water partition coefficient (Wildman–Crippen LogP) is 4.15. The second kappa shape index (κ2) is 10.6. The summed E-state index contributed by atoms with van der Waals surface area (Å²) in [5, 5.41) is 2.40. The first kappa shape index (κ1) is 26.2. The minimum atomic E-state index is -0.660. The second-order valence-corrected chi connectivity index (χ2v) is 11.3. The molecule has 2 N–H and O–H groups in total. The van der Waals surface area contributed by atoms with Crippen LogP contribution in [-0.2, 0) is 9.53 Å². The van der Waals surface area contributed by atoms with Crippen molar-refractivity contribution in [3.8, 4) is 0 Å². The zero-order valence-electron chi connectivity index (χ0n) is 20.9. The van der Waals surface area contributed by atoms with Crippen molar-refractivity contribution in [2.24, 2.45) is 11.7 Å². The highest BCUT2D eigenvalue weighted by Gasteiger charge is 2.39. The number of nitrogens with two attached hydrogens (primary N) is 1. The molecule has 3 heterocycles. The van der Waals surface area contributed by atoms with Gasteiger partial charge in [-0.3, -0.25) is 9.59 Å². The number of thiazole rings is 1. The third-order valence-corrected chi connectivity index (χ3v) is 7.61. The third kappa shape index (κ3) is 5.92. The Kier molecular flexibility index (Phi) is 7.75. The first-order valence-corrected chi connectivity index (χ1v) is 13.2. The number of nitrogens with zero attached hydrogens (tertiary/aromatic N) is 3. The van der Waals surface area contributed by atoms with E-state index in [1.807, 2.05) is 20.8 Å². The molecule has 2 amide bonds. The quantitative estimate of drug-likeness (QED) is 0.599. The van der Waals surface area contributed by atoms with E-state index < -0.39 is 17.5 Å². The Balaban J connectivity index is 1.37. The fourth-order valence-electron chi connectivity index (χ4n) is 4.74. The Morgan fingerprint density at radius 2 is 1.78 bits per heavy atom. The molecule has 2 aliphatic rings. The molecular formula is C26H33FN4O4S. The molecule has 2 fully saturated rings. The fourth-order valence-corrected chi connectivity index (χ4v) is 5.69. The van der Waals surface area contributed by atoms with E-state index in [9.17, 15) is 18.8 Å². The molecule has 0 spiro atoms. The zero-order valence-corrected chi connectivity index (χ0v) is 21.7. The molecule has 2 atom stereocenters. The van der Waals surface area contributed by atoms with Crippen molar-refractivity contribution < 1.29 is 23.5 Å². The number of carbonyl (C=O) groups excluding carboxylic acids is 3. The number of benzene rings is 1. The van der Waals surface area contributed by atoms with Gasteiger partial charge in [0.15, 0.2) is 0 Å². The van der Waals surface area contributed by atoms with Crippen LogP contribution in [0, 0.1) is 11.7 Å². The van der Waals surface area contributed by atoms with Gasteiger partial charge in [0.2, 0.25) is 11.7 Å². The largest absolute Gasteiger partial charge is 0.444 e. The number of halogens is 1. The van der Waals surface area contributed by atoms with Gasteiger partial charge < -0.3 is 20.3 Å². The highest BCUT2D eigenvalue weighted by molar-refractivity contribution is 7.10. The molecule has 4 rings (SSSR count). The number of carbonyl (C=O) groups is 3. The SMILES string of the molecule is CC(C)(C)OC(=O)N1CCC([C@H](N)C(=O)N2CCC[C@H]2c2nc(C(=O)c3ccc(F)cc3)cs2)CC1. The van der Waals surface area contributed by atoms with Gasteiger partial charge in [-0.15, -0.1) is 11.3 Å². The zero-order chi connectivity index (χ0) is 26.0. The Morgan fingerprint density at radius 1 is 1.11 bits per heavy atom. The summed E-state index contributed by atoms with van der Waals surface area (Å²) in [7, 11) is 0. The maximum absolute atomic E-state index is 13.4. The number of likely N-dealkylation sites (tertiary alicyclic amines) is 2. The lowest BCUT2D eigenvalue weighted by atomic mass is 9.89. The molecule has 1 aromatic heterocycles. The van der Waals surface area contributed by atoms with Crippen LogP contribution >= 0.6 is 11.3 Å². The van der Waals surface area contributed by atoms with Crippen molar-refractivity contribution >= 4 is 29.1 Å². The normalized spacial score (nSPS) is 19.9. The minimum absolute atomic E-state index is 0.0238. The summed E-state index contributed by atoms with van der Waals surface area (Å²) >= 11 is 1.35. The van der Waals surface area contributed by atoms with Crippen molar-refractivity contribution in [1.29, 1.82) is 0 Å². The molecule has 0 radical (unpaired) electrons. The second-order valence-electron chi connectivity index (χ2n) is 10.4. The average Bonchev–Trinajstić information content (AvgIpc) is 3.52. The van der Waals surface area contributed by atoms with Gasteiger partial charge >= 0.3 is 6.09 Å². The predicted molar refractivity (Wildman–Crippen MR) is 134 cm³/mol. The third-order valence-electron chi connectivity index (χ3n) is 6.67. The van der Waals surface area contributed by atoms with Gasteiger partial charge in [0.05, 0.1) is 12.1 Å². The van der Waals surface area contributed by atoms with Crippen molar-refractivity contribution in [2.75, 3.05) is 19.6 Å². The molecule has 194 valence electrons. The number of hydrogen-bond donors (Lipinski definition) is 1. The number of ketones is 1. The van der Waals surface area contributed by atoms with Gasteiger partial charge in [0.25, 0.3) is 0 Å². The van der Waals surface area contributed by atoms with Crippen molar-refractivity contribution in [1.82, 2.24) is 14.8 Å². The van der Waals surface area contributed by atoms with Gasteiger partial charge in [-0.1, -0.05) is 0 Å². The maximum atomic E-state index is 13.4. The Morgan fingerprint density at radius 3 is 2.42 bits per heavy atom. The van der Waals surface area contributed by atoms with Gasteiger partial charge in [-0.2, -0.15) is 0 Å². The lowest BCUT2D eigenvalue weighted by Gasteiger charge is -2.36. The smallest absolute Gasteiger partial charge is 0.410 e. The Hall–Kier alpha value is -2.85. The first-order valence-electron chi connectivity index (χ1n) is 12.3. The van der Waals surface area contributed by atoms with E-state index in [1.54, 1.807) is 15.2 Å². The summed E-state index contributed by atoms with van der Waals surface area (Å²) in [6, 6.07) is 4.50. The van der Waals surface area contributed by atoms with Crippen LogP contribution in [0.3, 0.4) is 0 Å². The van der Waals surface area contributed by atoms with Crippen LogP contribution in [0.4, 0.5) is 9.18 Å². The standard InChI is InChI=1S/C26H33FN4O4S/c1-26(2,3)35-25(34)30-13-10-16(11-14-30)21(28)24(33)31-12-4-5-20(31)23-29-19(15-36-23)22(32)17-6-8-18(27)9-7-17/h6-9,15-16,20-21H,4-5,10-14,28H2,1-3H3/t20-,21-/m0/s1. The topological polar surface area (TPSA) is 106 Å². The molecule has 0 saturated carbocycles. The van der Waals surface area contributed by atoms with E-state index >= 15 is 0 Å². The van der Waals surface area contributed by atoms with Crippen molar-refractivity contribution in [3.63, 3.8) is 0 Å². The number of piperidine rings is 1. The summed E-state index contributed by atoms with van der Waals surface area (Å²) in [4.78, 5) is 46.5. The van der Waals surface area contributed by atoms with Crippen LogP contribution in [0.15, 0.2) is 29.6 Å². The van der Waals surface area contributed by atoms with E-state index in [0.29, 0.717) is 48.7 Å². The van der Waals surface area contributed by atoms with Crippen LogP contribution in [0.5, 0.6) is 0 Å². The fraction of sp³-hybridized carbons (Fsp3) is 0.538. The molecule has 2 saturated heterocycles. The average molecular weight is 517 g/mol. The molecule has 0 aliphatic carbocycles. The van der Waals surface area contributed by atoms with Crippen LogP contribution in [0.1, 0.15) is 73.6 Å². The minimum Gasteiger partial charge on any atom is -0.444 e. The van der Waals surface area contributed by atoms with Crippen LogP contribution in [0.2, 0.25) is 0 Å². The Labute approximate surface area is 214 Å². The van der Waals surface area contributed by atoms with Gasteiger partial charge in [-0.05, 0) is 76.6 Å². The molecular weight excluding hydrogens is 483 g/mol. The van der Waals surface area contributed by atoms with Gasteiger partial charge in [0.1, 0.15) is 22.1 Å². The summed E-state index contributed by atoms with van der Waals surface area (Å²) in [6.07, 6.45) is 2.53. The Bertz CT molecular complexity index is 1110. The first-order chi connectivity index (χ1) is 17.0. The van der Waals surface area contributed by atoms with E-state index in [2.05, 4.69) is 4.98 Å². The lowest BCUT2D eigenvalue weighted by molar-refractivity contribution is -0.135. The number of aromatic nitrogens is 1. The van der Waals surface area contributed by atoms with E-state index in [0.717, 1.165) is 12.8 Å². The van der Waals surface area contributed by atoms with E-state index in [4.69, 9.17) is 10.5 Å². The number of ether oxygens (including phenoxy) is 1. The molecule has 0 unspecified atom stereocenters. The highest BCUT2D eigenvalue weighted by atomic mass is 32.1. The molecule has 0 bridgehead atoms. The van der Waals surface area contributed by atoms with Gasteiger partial charge in [-0.25, -0.2) is 14.2 Å².